The molecular weight excluding hydrogens is 376 g/mol. The molecule has 2 amide bonds. The summed E-state index contributed by atoms with van der Waals surface area (Å²) >= 11 is 1.70. The summed E-state index contributed by atoms with van der Waals surface area (Å²) in [5.41, 5.74) is 0.904. The molecule has 1 N–H and O–H groups in total. The van der Waals surface area contributed by atoms with Gasteiger partial charge in [-0.25, -0.2) is 0 Å². The fourth-order valence-corrected chi connectivity index (χ4v) is 4.09. The molecule has 1 fully saturated rings. The van der Waals surface area contributed by atoms with Crippen molar-refractivity contribution in [2.24, 2.45) is 0 Å². The third-order valence-electron chi connectivity index (χ3n) is 4.83. The fraction of sp³-hybridized carbons (Fsp3) is 0.429. The van der Waals surface area contributed by atoms with Crippen molar-refractivity contribution < 1.29 is 19.1 Å². The van der Waals surface area contributed by atoms with Crippen molar-refractivity contribution >= 4 is 28.8 Å². The van der Waals surface area contributed by atoms with Crippen LogP contribution in [0, 0.1) is 0 Å². The molecule has 0 spiro atoms. The molecule has 1 aliphatic heterocycles. The number of hydrogen-bond acceptors (Lipinski definition) is 5. The zero-order valence-electron chi connectivity index (χ0n) is 16.3. The number of nitrogens with one attached hydrogen (secondary N) is 1. The fourth-order valence-electron chi connectivity index (χ4n) is 3.34. The predicted molar refractivity (Wildman–Crippen MR) is 111 cm³/mol. The molecule has 0 atom stereocenters. The van der Waals surface area contributed by atoms with Crippen LogP contribution in [0.15, 0.2) is 29.6 Å². The number of thiophene rings is 1. The molecule has 1 aromatic heterocycles. The van der Waals surface area contributed by atoms with Gasteiger partial charge in [0.2, 0.25) is 5.91 Å². The number of amides is 2. The van der Waals surface area contributed by atoms with Gasteiger partial charge in [0.15, 0.2) is 11.5 Å². The number of rotatable bonds is 8. The number of benzene rings is 1. The van der Waals surface area contributed by atoms with E-state index < -0.39 is 0 Å². The molecule has 0 radical (unpaired) electrons. The maximum absolute atomic E-state index is 13.0. The Kier molecular flexibility index (Phi) is 6.92. The van der Waals surface area contributed by atoms with E-state index in [9.17, 15) is 9.59 Å². The van der Waals surface area contributed by atoms with E-state index in [4.69, 9.17) is 9.47 Å². The minimum Gasteiger partial charge on any atom is -0.493 e. The lowest BCUT2D eigenvalue weighted by Gasteiger charge is -2.20. The third kappa shape index (κ3) is 4.84. The number of nitrogens with zero attached hydrogens (tertiary/aromatic N) is 1. The van der Waals surface area contributed by atoms with Crippen molar-refractivity contribution in [3.63, 3.8) is 0 Å². The second-order valence-corrected chi connectivity index (χ2v) is 7.77. The number of likely N-dealkylation sites (tertiary alicyclic amines) is 1. The predicted octanol–water partition coefficient (Wildman–Crippen LogP) is 3.96. The molecule has 7 heteroatoms. The molecule has 1 saturated heterocycles. The standard InChI is InChI=1S/C21H26N2O4S/c1-26-18-13-16(21(25)23-10-3-4-11-23)17(14-19(18)27-2)22-20(24)9-5-7-15-8-6-12-28-15/h6,8,12-14H,3-5,7,9-11H2,1-2H3,(H,22,24). The molecule has 150 valence electrons. The molecule has 2 heterocycles. The van der Waals surface area contributed by atoms with Crippen LogP contribution in [-0.4, -0.2) is 44.0 Å². The Morgan fingerprint density at radius 1 is 1.14 bits per heavy atom. The number of anilines is 1. The highest BCUT2D eigenvalue weighted by atomic mass is 32.1. The molecule has 0 unspecified atom stereocenters. The molecule has 1 aliphatic rings. The Bertz CT molecular complexity index is 814. The van der Waals surface area contributed by atoms with Gasteiger partial charge in [0.25, 0.3) is 5.91 Å². The maximum atomic E-state index is 13.0. The number of aryl methyl sites for hydroxylation is 1. The van der Waals surface area contributed by atoms with Gasteiger partial charge in [-0.05, 0) is 43.2 Å². The Labute approximate surface area is 169 Å². The topological polar surface area (TPSA) is 67.9 Å². The van der Waals surface area contributed by atoms with E-state index in [1.165, 1.54) is 19.1 Å². The highest BCUT2D eigenvalue weighted by molar-refractivity contribution is 7.09. The Morgan fingerprint density at radius 3 is 2.50 bits per heavy atom. The Hall–Kier alpha value is -2.54. The highest BCUT2D eigenvalue weighted by Crippen LogP contribution is 2.34. The number of carbonyl (C=O) groups excluding carboxylic acids is 2. The second kappa shape index (κ2) is 9.59. The van der Waals surface area contributed by atoms with E-state index in [0.717, 1.165) is 38.8 Å². The van der Waals surface area contributed by atoms with Crippen molar-refractivity contribution in [3.8, 4) is 11.5 Å². The first-order chi connectivity index (χ1) is 13.6. The number of carbonyl (C=O) groups is 2. The molecule has 1 aromatic carbocycles. The minimum absolute atomic E-state index is 0.0904. The highest BCUT2D eigenvalue weighted by Gasteiger charge is 2.24. The van der Waals surface area contributed by atoms with Gasteiger partial charge in [-0.1, -0.05) is 6.07 Å². The van der Waals surface area contributed by atoms with Crippen LogP contribution < -0.4 is 14.8 Å². The van der Waals surface area contributed by atoms with Crippen LogP contribution in [-0.2, 0) is 11.2 Å². The largest absolute Gasteiger partial charge is 0.493 e. The van der Waals surface area contributed by atoms with Gasteiger partial charge in [0.1, 0.15) is 0 Å². The van der Waals surface area contributed by atoms with Crippen molar-refractivity contribution in [2.45, 2.75) is 32.1 Å². The van der Waals surface area contributed by atoms with Gasteiger partial charge in [-0.15, -0.1) is 11.3 Å². The third-order valence-corrected chi connectivity index (χ3v) is 5.76. The number of hydrogen-bond donors (Lipinski definition) is 1. The van der Waals surface area contributed by atoms with E-state index in [0.29, 0.717) is 29.2 Å². The molecule has 28 heavy (non-hydrogen) atoms. The van der Waals surface area contributed by atoms with E-state index in [-0.39, 0.29) is 11.8 Å². The van der Waals surface area contributed by atoms with Crippen molar-refractivity contribution in [1.82, 2.24) is 4.90 Å². The molecular formula is C21H26N2O4S. The van der Waals surface area contributed by atoms with Gasteiger partial charge in [-0.3, -0.25) is 9.59 Å². The lowest BCUT2D eigenvalue weighted by molar-refractivity contribution is -0.116. The number of methoxy groups -OCH3 is 2. The molecule has 3 rings (SSSR count). The Morgan fingerprint density at radius 2 is 1.86 bits per heavy atom. The van der Waals surface area contributed by atoms with Gasteiger partial charge in [-0.2, -0.15) is 0 Å². The quantitative estimate of drug-likeness (QED) is 0.726. The lowest BCUT2D eigenvalue weighted by Crippen LogP contribution is -2.29. The van der Waals surface area contributed by atoms with Crippen LogP contribution in [0.5, 0.6) is 11.5 Å². The lowest BCUT2D eigenvalue weighted by atomic mass is 10.1. The summed E-state index contributed by atoms with van der Waals surface area (Å²) in [7, 11) is 3.07. The molecule has 6 nitrogen and oxygen atoms in total. The summed E-state index contributed by atoms with van der Waals surface area (Å²) < 4.78 is 10.7. The average molecular weight is 403 g/mol. The van der Waals surface area contributed by atoms with Crippen molar-refractivity contribution in [1.29, 1.82) is 0 Å². The van der Waals surface area contributed by atoms with Crippen LogP contribution in [0.4, 0.5) is 5.69 Å². The van der Waals surface area contributed by atoms with Gasteiger partial charge >= 0.3 is 0 Å². The van der Waals surface area contributed by atoms with Crippen molar-refractivity contribution in [2.75, 3.05) is 32.6 Å². The van der Waals surface area contributed by atoms with Crippen LogP contribution in [0.1, 0.15) is 40.9 Å². The zero-order valence-corrected chi connectivity index (χ0v) is 17.1. The van der Waals surface area contributed by atoms with Gasteiger partial charge in [0.05, 0.1) is 25.5 Å². The second-order valence-electron chi connectivity index (χ2n) is 6.73. The van der Waals surface area contributed by atoms with Crippen LogP contribution in [0.2, 0.25) is 0 Å². The van der Waals surface area contributed by atoms with Crippen LogP contribution in [0.3, 0.4) is 0 Å². The minimum atomic E-state index is -0.112. The summed E-state index contributed by atoms with van der Waals surface area (Å²) in [6.45, 7) is 1.47. The normalized spacial score (nSPS) is 13.4. The first-order valence-electron chi connectivity index (χ1n) is 9.50. The molecule has 0 bridgehead atoms. The summed E-state index contributed by atoms with van der Waals surface area (Å²) in [5.74, 6) is 0.752. The summed E-state index contributed by atoms with van der Waals surface area (Å²) in [4.78, 5) is 28.5. The first kappa shape index (κ1) is 20.2. The molecule has 2 aromatic rings. The van der Waals surface area contributed by atoms with E-state index in [2.05, 4.69) is 11.4 Å². The smallest absolute Gasteiger partial charge is 0.256 e. The van der Waals surface area contributed by atoms with Crippen LogP contribution in [0.25, 0.3) is 0 Å². The Balaban J connectivity index is 1.74. The van der Waals surface area contributed by atoms with E-state index >= 15 is 0 Å². The molecule has 0 saturated carbocycles. The van der Waals surface area contributed by atoms with E-state index in [1.54, 1.807) is 23.5 Å². The summed E-state index contributed by atoms with van der Waals surface area (Å²) in [6.07, 6.45) is 4.03. The first-order valence-corrected chi connectivity index (χ1v) is 10.4. The SMILES string of the molecule is COc1cc(NC(=O)CCCc2cccs2)c(C(=O)N2CCCC2)cc1OC. The maximum Gasteiger partial charge on any atom is 0.256 e. The average Bonchev–Trinajstić information content (AvgIpc) is 3.41. The van der Waals surface area contributed by atoms with Crippen LogP contribution >= 0.6 is 11.3 Å². The van der Waals surface area contributed by atoms with Gasteiger partial charge in [0, 0.05) is 30.5 Å². The number of ether oxygens (including phenoxy) is 2. The monoisotopic (exact) mass is 402 g/mol. The summed E-state index contributed by atoms with van der Waals surface area (Å²) in [5, 5.41) is 4.94. The molecule has 0 aliphatic carbocycles. The summed E-state index contributed by atoms with van der Waals surface area (Å²) in [6, 6.07) is 7.41. The van der Waals surface area contributed by atoms with E-state index in [1.807, 2.05) is 16.3 Å². The van der Waals surface area contributed by atoms with Crippen molar-refractivity contribution in [3.05, 3.63) is 40.1 Å². The zero-order chi connectivity index (χ0) is 19.9. The van der Waals surface area contributed by atoms with Gasteiger partial charge < -0.3 is 19.7 Å².